The fraction of sp³-hybridized carbons (Fsp3) is 0.846. The molecule has 0 saturated heterocycles. The molecule has 2 atom stereocenters. The van der Waals surface area contributed by atoms with Gasteiger partial charge in [0.1, 0.15) is 6.61 Å². The largest absolute Gasteiger partial charge is 0.367 e. The van der Waals surface area contributed by atoms with E-state index in [-0.39, 0.29) is 18.1 Å². The Morgan fingerprint density at radius 3 is 2.83 bits per heavy atom. The van der Waals surface area contributed by atoms with Gasteiger partial charge in [0.05, 0.1) is 6.10 Å². The van der Waals surface area contributed by atoms with Crippen molar-refractivity contribution in [3.63, 3.8) is 0 Å². The number of nitrogens with two attached hydrogens (primary N) is 1. The predicted octanol–water partition coefficient (Wildman–Crippen LogP) is 2.37. The minimum atomic E-state index is 0.127. The highest BCUT2D eigenvalue weighted by molar-refractivity contribution is 4.90. The predicted molar refractivity (Wildman–Crippen MR) is 68.0 cm³/mol. The first-order valence-electron chi connectivity index (χ1n) is 6.86. The molecule has 0 radical (unpaired) electrons. The first-order valence-corrected chi connectivity index (χ1v) is 6.86. The lowest BCUT2D eigenvalue weighted by Gasteiger charge is -2.20. The number of hydrogen-bond acceptors (Lipinski definition) is 5. The molecule has 0 aromatic carbocycles. The highest BCUT2D eigenvalue weighted by Crippen LogP contribution is 2.20. The van der Waals surface area contributed by atoms with Gasteiger partial charge in [-0.2, -0.15) is 4.98 Å². The maximum Gasteiger partial charge on any atom is 0.252 e. The van der Waals surface area contributed by atoms with E-state index in [0.29, 0.717) is 12.5 Å². The molecule has 102 valence electrons. The summed E-state index contributed by atoms with van der Waals surface area (Å²) >= 11 is 0. The van der Waals surface area contributed by atoms with Gasteiger partial charge in [0.2, 0.25) is 0 Å². The highest BCUT2D eigenvalue weighted by atomic mass is 16.5. The smallest absolute Gasteiger partial charge is 0.252 e. The summed E-state index contributed by atoms with van der Waals surface area (Å²) < 4.78 is 11.0. The standard InChI is InChI=1S/C13H23N3O2/c1-9(2)13-15-12(18-16-13)8-17-11-7-5-3-4-6-10(11)14/h9-11H,3-8,14H2,1-2H3. The quantitative estimate of drug-likeness (QED) is 0.834. The Bertz CT molecular complexity index is 365. The van der Waals surface area contributed by atoms with E-state index < -0.39 is 0 Å². The third kappa shape index (κ3) is 3.53. The summed E-state index contributed by atoms with van der Waals surface area (Å²) in [5, 5.41) is 3.92. The van der Waals surface area contributed by atoms with Crippen molar-refractivity contribution in [3.8, 4) is 0 Å². The molecule has 1 aliphatic rings. The van der Waals surface area contributed by atoms with Crippen molar-refractivity contribution in [3.05, 3.63) is 11.7 Å². The molecular weight excluding hydrogens is 230 g/mol. The minimum Gasteiger partial charge on any atom is -0.367 e. The number of nitrogens with zero attached hydrogens (tertiary/aromatic N) is 2. The van der Waals surface area contributed by atoms with Gasteiger partial charge in [0.15, 0.2) is 5.82 Å². The van der Waals surface area contributed by atoms with Crippen LogP contribution in [0.2, 0.25) is 0 Å². The Morgan fingerprint density at radius 2 is 2.11 bits per heavy atom. The third-order valence-corrected chi connectivity index (χ3v) is 3.42. The van der Waals surface area contributed by atoms with Crippen LogP contribution >= 0.6 is 0 Å². The summed E-state index contributed by atoms with van der Waals surface area (Å²) in [6.07, 6.45) is 5.87. The van der Waals surface area contributed by atoms with Crippen LogP contribution in [-0.2, 0) is 11.3 Å². The molecule has 2 rings (SSSR count). The van der Waals surface area contributed by atoms with Gasteiger partial charge < -0.3 is 15.0 Å². The molecule has 1 aromatic heterocycles. The van der Waals surface area contributed by atoms with Crippen LogP contribution in [0.25, 0.3) is 0 Å². The molecule has 5 heteroatoms. The van der Waals surface area contributed by atoms with E-state index in [4.69, 9.17) is 15.0 Å². The molecule has 1 aliphatic carbocycles. The Labute approximate surface area is 108 Å². The van der Waals surface area contributed by atoms with Crippen molar-refractivity contribution in [2.45, 2.75) is 70.6 Å². The summed E-state index contributed by atoms with van der Waals surface area (Å²) in [4.78, 5) is 4.30. The fourth-order valence-electron chi connectivity index (χ4n) is 2.25. The van der Waals surface area contributed by atoms with Crippen molar-refractivity contribution in [1.82, 2.24) is 10.1 Å². The molecule has 5 nitrogen and oxygen atoms in total. The SMILES string of the molecule is CC(C)c1noc(COC2CCCCCC2N)n1. The van der Waals surface area contributed by atoms with E-state index in [2.05, 4.69) is 10.1 Å². The topological polar surface area (TPSA) is 74.2 Å². The second-order valence-corrected chi connectivity index (χ2v) is 5.35. The van der Waals surface area contributed by atoms with Crippen molar-refractivity contribution < 1.29 is 9.26 Å². The average molecular weight is 253 g/mol. The number of ether oxygens (including phenoxy) is 1. The van der Waals surface area contributed by atoms with Crippen molar-refractivity contribution >= 4 is 0 Å². The molecule has 0 spiro atoms. The molecule has 18 heavy (non-hydrogen) atoms. The van der Waals surface area contributed by atoms with E-state index in [1.54, 1.807) is 0 Å². The van der Waals surface area contributed by atoms with Crippen LogP contribution in [0.3, 0.4) is 0 Å². The van der Waals surface area contributed by atoms with E-state index in [9.17, 15) is 0 Å². The van der Waals surface area contributed by atoms with Crippen LogP contribution in [0, 0.1) is 0 Å². The summed E-state index contributed by atoms with van der Waals surface area (Å²) in [6, 6.07) is 0.139. The average Bonchev–Trinajstić information content (AvgIpc) is 2.72. The van der Waals surface area contributed by atoms with Gasteiger partial charge in [0.25, 0.3) is 5.89 Å². The zero-order valence-corrected chi connectivity index (χ0v) is 11.3. The lowest BCUT2D eigenvalue weighted by Crippen LogP contribution is -2.35. The van der Waals surface area contributed by atoms with Gasteiger partial charge in [-0.3, -0.25) is 0 Å². The van der Waals surface area contributed by atoms with Gasteiger partial charge in [-0.1, -0.05) is 38.3 Å². The normalized spacial score (nSPS) is 25.3. The van der Waals surface area contributed by atoms with Crippen LogP contribution in [0.5, 0.6) is 0 Å². The summed E-state index contributed by atoms with van der Waals surface area (Å²) in [6.45, 7) is 4.45. The molecular formula is C13H23N3O2. The van der Waals surface area contributed by atoms with Crippen molar-refractivity contribution in [2.24, 2.45) is 5.73 Å². The molecule has 2 unspecified atom stereocenters. The van der Waals surface area contributed by atoms with Gasteiger partial charge in [0, 0.05) is 12.0 Å². The molecule has 2 N–H and O–H groups in total. The zero-order valence-electron chi connectivity index (χ0n) is 11.3. The zero-order chi connectivity index (χ0) is 13.0. The second kappa shape index (κ2) is 6.29. The lowest BCUT2D eigenvalue weighted by molar-refractivity contribution is 0.00685. The monoisotopic (exact) mass is 253 g/mol. The van der Waals surface area contributed by atoms with Crippen LogP contribution in [0.4, 0.5) is 0 Å². The Morgan fingerprint density at radius 1 is 1.33 bits per heavy atom. The third-order valence-electron chi connectivity index (χ3n) is 3.42. The van der Waals surface area contributed by atoms with E-state index in [1.807, 2.05) is 13.8 Å². The van der Waals surface area contributed by atoms with E-state index >= 15 is 0 Å². The molecule has 0 amide bonds. The van der Waals surface area contributed by atoms with Gasteiger partial charge in [-0.05, 0) is 12.8 Å². The Hall–Kier alpha value is -0.940. The number of aromatic nitrogens is 2. The van der Waals surface area contributed by atoms with Crippen LogP contribution < -0.4 is 5.73 Å². The van der Waals surface area contributed by atoms with Gasteiger partial charge in [-0.25, -0.2) is 0 Å². The summed E-state index contributed by atoms with van der Waals surface area (Å²) in [5.41, 5.74) is 6.10. The van der Waals surface area contributed by atoms with Crippen molar-refractivity contribution in [1.29, 1.82) is 0 Å². The van der Waals surface area contributed by atoms with E-state index in [1.165, 1.54) is 19.3 Å². The van der Waals surface area contributed by atoms with Crippen LogP contribution in [0.15, 0.2) is 4.52 Å². The van der Waals surface area contributed by atoms with Crippen LogP contribution in [-0.4, -0.2) is 22.3 Å². The van der Waals surface area contributed by atoms with E-state index in [0.717, 1.165) is 18.7 Å². The van der Waals surface area contributed by atoms with Gasteiger partial charge >= 0.3 is 0 Å². The Balaban J connectivity index is 1.85. The molecule has 1 aromatic rings. The molecule has 0 aliphatic heterocycles. The fourth-order valence-corrected chi connectivity index (χ4v) is 2.25. The van der Waals surface area contributed by atoms with Crippen molar-refractivity contribution in [2.75, 3.05) is 0 Å². The number of rotatable bonds is 4. The Kier molecular flexibility index (Phi) is 4.72. The maximum absolute atomic E-state index is 6.10. The first kappa shape index (κ1) is 13.5. The number of hydrogen-bond donors (Lipinski definition) is 1. The molecule has 1 fully saturated rings. The molecule has 1 saturated carbocycles. The first-order chi connectivity index (χ1) is 8.66. The minimum absolute atomic E-state index is 0.127. The maximum atomic E-state index is 6.10. The highest BCUT2D eigenvalue weighted by Gasteiger charge is 2.22. The summed E-state index contributed by atoms with van der Waals surface area (Å²) in [7, 11) is 0. The second-order valence-electron chi connectivity index (χ2n) is 5.35. The summed E-state index contributed by atoms with van der Waals surface area (Å²) in [5.74, 6) is 1.57. The van der Waals surface area contributed by atoms with Gasteiger partial charge in [-0.15, -0.1) is 0 Å². The molecule has 0 bridgehead atoms. The van der Waals surface area contributed by atoms with Crippen LogP contribution in [0.1, 0.15) is 63.6 Å². The molecule has 1 heterocycles. The lowest BCUT2D eigenvalue weighted by atomic mass is 10.1.